The number of benzene rings is 1. The Bertz CT molecular complexity index is 1330. The summed E-state index contributed by atoms with van der Waals surface area (Å²) in [4.78, 5) is 34.5. The number of carbonyl (C=O) groups is 2. The van der Waals surface area contributed by atoms with E-state index in [1.165, 1.54) is 11.2 Å². The maximum absolute atomic E-state index is 14.7. The Kier molecular flexibility index (Phi) is 5.96. The lowest BCUT2D eigenvalue weighted by atomic mass is 9.93. The SMILES string of the molecule is O=C(Cn1nc(C2CN(C(=O)c3cc(NC4CC4)ncn3)C2)c2c(F)cc(F)cc21)NCC(F)(F)F. The van der Waals surface area contributed by atoms with Gasteiger partial charge in [-0.25, -0.2) is 18.7 Å². The van der Waals surface area contributed by atoms with Gasteiger partial charge in [-0.15, -0.1) is 0 Å². The molecule has 2 aliphatic rings. The number of carbonyl (C=O) groups excluding carboxylic acids is 2. The monoisotopic (exact) mass is 509 g/mol. The van der Waals surface area contributed by atoms with E-state index in [0.717, 1.165) is 23.6 Å². The molecule has 0 bridgehead atoms. The first kappa shape index (κ1) is 23.9. The zero-order chi connectivity index (χ0) is 25.6. The van der Waals surface area contributed by atoms with Crippen LogP contribution in [0, 0.1) is 11.6 Å². The lowest BCUT2D eigenvalue weighted by Gasteiger charge is -2.38. The molecule has 2 N–H and O–H groups in total. The third kappa shape index (κ3) is 5.06. The number of amides is 2. The van der Waals surface area contributed by atoms with Crippen molar-refractivity contribution in [3.63, 3.8) is 0 Å². The molecule has 0 atom stereocenters. The van der Waals surface area contributed by atoms with Crippen LogP contribution in [0.4, 0.5) is 27.8 Å². The van der Waals surface area contributed by atoms with Gasteiger partial charge in [-0.3, -0.25) is 14.3 Å². The largest absolute Gasteiger partial charge is 0.405 e. The normalized spacial score (nSPS) is 16.2. The smallest absolute Gasteiger partial charge is 0.367 e. The molecule has 1 saturated heterocycles. The Morgan fingerprint density at radius 1 is 1.08 bits per heavy atom. The summed E-state index contributed by atoms with van der Waals surface area (Å²) in [5, 5.41) is 9.06. The highest BCUT2D eigenvalue weighted by Gasteiger charge is 2.37. The van der Waals surface area contributed by atoms with Gasteiger partial charge in [0.05, 0.1) is 16.6 Å². The summed E-state index contributed by atoms with van der Waals surface area (Å²) in [5.41, 5.74) is 0.312. The number of hydrogen-bond donors (Lipinski definition) is 2. The molecule has 3 heterocycles. The molecule has 1 aliphatic heterocycles. The highest BCUT2D eigenvalue weighted by molar-refractivity contribution is 5.94. The molecule has 9 nitrogen and oxygen atoms in total. The van der Waals surface area contributed by atoms with Crippen LogP contribution in [0.1, 0.15) is 34.9 Å². The molecule has 2 fully saturated rings. The zero-order valence-electron chi connectivity index (χ0n) is 18.6. The van der Waals surface area contributed by atoms with Crippen LogP contribution in [0.25, 0.3) is 10.9 Å². The summed E-state index contributed by atoms with van der Waals surface area (Å²) < 4.78 is 66.8. The van der Waals surface area contributed by atoms with E-state index in [4.69, 9.17) is 0 Å². The summed E-state index contributed by atoms with van der Waals surface area (Å²) in [6, 6.07) is 3.52. The van der Waals surface area contributed by atoms with Crippen molar-refractivity contribution in [1.82, 2.24) is 30.0 Å². The van der Waals surface area contributed by atoms with Gasteiger partial charge in [0.25, 0.3) is 5.91 Å². The molecule has 0 spiro atoms. The lowest BCUT2D eigenvalue weighted by molar-refractivity contribution is -0.138. The fraction of sp³-hybridized carbons (Fsp3) is 0.409. The minimum absolute atomic E-state index is 0.0462. The van der Waals surface area contributed by atoms with Crippen molar-refractivity contribution >= 4 is 28.5 Å². The number of nitrogens with zero attached hydrogens (tertiary/aromatic N) is 5. The first-order valence-electron chi connectivity index (χ1n) is 11.1. The van der Waals surface area contributed by atoms with Crippen LogP contribution in [0.15, 0.2) is 24.5 Å². The lowest BCUT2D eigenvalue weighted by Crippen LogP contribution is -2.49. The minimum atomic E-state index is -4.61. The van der Waals surface area contributed by atoms with Crippen molar-refractivity contribution in [2.24, 2.45) is 0 Å². The molecular formula is C22H20F5N7O2. The second-order valence-corrected chi connectivity index (χ2v) is 8.83. The van der Waals surface area contributed by atoms with Crippen molar-refractivity contribution in [3.8, 4) is 0 Å². The number of likely N-dealkylation sites (tertiary alicyclic amines) is 1. The summed E-state index contributed by atoms with van der Waals surface area (Å²) >= 11 is 0. The molecule has 1 saturated carbocycles. The zero-order valence-corrected chi connectivity index (χ0v) is 18.6. The molecule has 0 radical (unpaired) electrons. The van der Waals surface area contributed by atoms with Gasteiger partial charge in [0.1, 0.15) is 42.6 Å². The molecule has 190 valence electrons. The van der Waals surface area contributed by atoms with Crippen molar-refractivity contribution in [2.45, 2.75) is 37.5 Å². The first-order valence-corrected chi connectivity index (χ1v) is 11.1. The second kappa shape index (κ2) is 8.99. The maximum atomic E-state index is 14.7. The van der Waals surface area contributed by atoms with Gasteiger partial charge in [-0.1, -0.05) is 0 Å². The predicted octanol–water partition coefficient (Wildman–Crippen LogP) is 2.60. The van der Waals surface area contributed by atoms with Gasteiger partial charge >= 0.3 is 6.18 Å². The number of halogens is 5. The van der Waals surface area contributed by atoms with Gasteiger partial charge in [-0.2, -0.15) is 18.3 Å². The van der Waals surface area contributed by atoms with E-state index in [9.17, 15) is 31.5 Å². The number of hydrogen-bond acceptors (Lipinski definition) is 6. The fourth-order valence-electron chi connectivity index (χ4n) is 4.02. The van der Waals surface area contributed by atoms with E-state index in [-0.39, 0.29) is 41.3 Å². The van der Waals surface area contributed by atoms with Crippen molar-refractivity contribution in [2.75, 3.05) is 25.0 Å². The number of alkyl halides is 3. The minimum Gasteiger partial charge on any atom is -0.367 e. The molecule has 1 aromatic carbocycles. The van der Waals surface area contributed by atoms with Crippen LogP contribution in [-0.4, -0.2) is 68.3 Å². The molecule has 2 aromatic heterocycles. The molecule has 5 rings (SSSR count). The number of nitrogens with one attached hydrogen (secondary N) is 2. The highest BCUT2D eigenvalue weighted by Crippen LogP contribution is 2.34. The van der Waals surface area contributed by atoms with Gasteiger partial charge in [0.2, 0.25) is 5.91 Å². The predicted molar refractivity (Wildman–Crippen MR) is 116 cm³/mol. The third-order valence-corrected chi connectivity index (χ3v) is 5.95. The van der Waals surface area contributed by atoms with Crippen LogP contribution < -0.4 is 10.6 Å². The molecule has 1 aliphatic carbocycles. The Hall–Kier alpha value is -3.84. The molecule has 2 amide bonds. The standard InChI is InChI=1S/C22H20F5N7O2/c23-12-3-14(24)19-16(4-12)34(8-18(35)28-9-22(25,26)27)32-20(19)11-6-33(7-11)21(36)15-5-17(30-10-29-15)31-13-1-2-13/h3-5,10-11,13H,1-2,6-9H2,(H,28,35)(H,29,30,31). The van der Waals surface area contributed by atoms with Gasteiger partial charge in [0.15, 0.2) is 0 Å². The van der Waals surface area contributed by atoms with Gasteiger partial charge < -0.3 is 15.5 Å². The van der Waals surface area contributed by atoms with E-state index in [1.54, 1.807) is 11.4 Å². The quantitative estimate of drug-likeness (QED) is 0.475. The third-order valence-electron chi connectivity index (χ3n) is 5.95. The molecular weight excluding hydrogens is 489 g/mol. The average molecular weight is 509 g/mol. The van der Waals surface area contributed by atoms with Crippen LogP contribution in [-0.2, 0) is 11.3 Å². The maximum Gasteiger partial charge on any atom is 0.405 e. The summed E-state index contributed by atoms with van der Waals surface area (Å²) in [6.07, 6.45) is -1.25. The van der Waals surface area contributed by atoms with Gasteiger partial charge in [0, 0.05) is 43.2 Å². The molecule has 3 aromatic rings. The van der Waals surface area contributed by atoms with Crippen LogP contribution in [0.2, 0.25) is 0 Å². The van der Waals surface area contributed by atoms with Crippen molar-refractivity contribution in [1.29, 1.82) is 0 Å². The van der Waals surface area contributed by atoms with E-state index in [0.29, 0.717) is 17.9 Å². The number of rotatable bonds is 7. The summed E-state index contributed by atoms with van der Waals surface area (Å²) in [5.74, 6) is -3.09. The van der Waals surface area contributed by atoms with E-state index in [2.05, 4.69) is 20.4 Å². The fourth-order valence-corrected chi connectivity index (χ4v) is 4.02. The van der Waals surface area contributed by atoms with Gasteiger partial charge in [-0.05, 0) is 12.8 Å². The Morgan fingerprint density at radius 3 is 2.53 bits per heavy atom. The first-order chi connectivity index (χ1) is 17.1. The van der Waals surface area contributed by atoms with Crippen molar-refractivity contribution in [3.05, 3.63) is 47.5 Å². The van der Waals surface area contributed by atoms with Crippen molar-refractivity contribution < 1.29 is 31.5 Å². The number of aromatic nitrogens is 4. The van der Waals surface area contributed by atoms with Crippen LogP contribution in [0.5, 0.6) is 0 Å². The number of anilines is 1. The Morgan fingerprint density at radius 2 is 1.83 bits per heavy atom. The second-order valence-electron chi connectivity index (χ2n) is 8.83. The van der Waals surface area contributed by atoms with Crippen LogP contribution >= 0.6 is 0 Å². The highest BCUT2D eigenvalue weighted by atomic mass is 19.4. The van der Waals surface area contributed by atoms with Crippen LogP contribution in [0.3, 0.4) is 0 Å². The Balaban J connectivity index is 1.32. The topological polar surface area (TPSA) is 105 Å². The Labute approximate surface area is 200 Å². The summed E-state index contributed by atoms with van der Waals surface area (Å²) in [7, 11) is 0. The van der Waals surface area contributed by atoms with E-state index < -0.39 is 42.7 Å². The molecule has 36 heavy (non-hydrogen) atoms. The summed E-state index contributed by atoms with van der Waals surface area (Å²) in [6.45, 7) is -1.88. The molecule has 0 unspecified atom stereocenters. The van der Waals surface area contributed by atoms with E-state index in [1.807, 2.05) is 0 Å². The number of fused-ring (bicyclic) bond motifs is 1. The van der Waals surface area contributed by atoms with E-state index >= 15 is 0 Å². The molecule has 14 heteroatoms. The average Bonchev–Trinajstić information content (AvgIpc) is 3.52.